The SMILES string of the molecule is CCCC(CCN)[C@H](C)CCCC[C@@H](CCC1=CCCCC1)CCC1CCCCC1. The van der Waals surface area contributed by atoms with Crippen molar-refractivity contribution in [2.45, 2.75) is 142 Å². The highest BCUT2D eigenvalue weighted by atomic mass is 14.5. The minimum absolute atomic E-state index is 0.861. The highest BCUT2D eigenvalue weighted by Crippen LogP contribution is 2.33. The second-order valence-electron chi connectivity index (χ2n) is 11.0. The van der Waals surface area contributed by atoms with E-state index in [0.717, 1.165) is 30.2 Å². The summed E-state index contributed by atoms with van der Waals surface area (Å²) < 4.78 is 0. The van der Waals surface area contributed by atoms with Gasteiger partial charge in [-0.3, -0.25) is 0 Å². The van der Waals surface area contributed by atoms with Crippen LogP contribution in [0.25, 0.3) is 0 Å². The van der Waals surface area contributed by atoms with E-state index in [0.29, 0.717) is 0 Å². The Labute approximate surface area is 190 Å². The highest BCUT2D eigenvalue weighted by Gasteiger charge is 2.18. The molecule has 1 heteroatoms. The second-order valence-corrected chi connectivity index (χ2v) is 11.0. The van der Waals surface area contributed by atoms with Gasteiger partial charge >= 0.3 is 0 Å². The van der Waals surface area contributed by atoms with E-state index < -0.39 is 0 Å². The fourth-order valence-corrected chi connectivity index (χ4v) is 6.33. The summed E-state index contributed by atoms with van der Waals surface area (Å²) in [6, 6.07) is 0. The number of nitrogens with two attached hydrogens (primary N) is 1. The lowest BCUT2D eigenvalue weighted by molar-refractivity contribution is 0.276. The van der Waals surface area contributed by atoms with Crippen LogP contribution in [0, 0.1) is 23.7 Å². The first kappa shape index (κ1) is 26.0. The average Bonchev–Trinajstić information content (AvgIpc) is 2.79. The molecule has 0 saturated heterocycles. The molecule has 30 heavy (non-hydrogen) atoms. The molecule has 1 fully saturated rings. The van der Waals surface area contributed by atoms with Gasteiger partial charge in [-0.15, -0.1) is 0 Å². The standard InChI is InChI=1S/C29H55N/c1-3-12-29(23-24-30)25(2)13-10-11-18-28(21-19-26-14-6-4-7-15-26)22-20-27-16-8-5-9-17-27/h14,25,27-29H,3-13,15-24,30H2,1-2H3/t25-,28+,29?/m1/s1. The van der Waals surface area contributed by atoms with Crippen LogP contribution in [-0.2, 0) is 0 Å². The van der Waals surface area contributed by atoms with Crippen molar-refractivity contribution in [1.82, 2.24) is 0 Å². The average molecular weight is 418 g/mol. The Morgan fingerprint density at radius 3 is 2.40 bits per heavy atom. The van der Waals surface area contributed by atoms with Gasteiger partial charge in [0, 0.05) is 0 Å². The Hall–Kier alpha value is -0.300. The summed E-state index contributed by atoms with van der Waals surface area (Å²) in [4.78, 5) is 0. The van der Waals surface area contributed by atoms with Gasteiger partial charge in [-0.25, -0.2) is 0 Å². The quantitative estimate of drug-likeness (QED) is 0.196. The molecular formula is C29H55N. The molecule has 1 nitrogen and oxygen atoms in total. The molecule has 1 saturated carbocycles. The molecule has 2 rings (SSSR count). The molecule has 0 aromatic heterocycles. The molecule has 0 aromatic carbocycles. The van der Waals surface area contributed by atoms with E-state index in [9.17, 15) is 0 Å². The Kier molecular flexibility index (Phi) is 14.1. The third-order valence-corrected chi connectivity index (χ3v) is 8.49. The van der Waals surface area contributed by atoms with Crippen molar-refractivity contribution < 1.29 is 0 Å². The van der Waals surface area contributed by atoms with E-state index in [1.807, 2.05) is 0 Å². The number of hydrogen-bond acceptors (Lipinski definition) is 1. The topological polar surface area (TPSA) is 26.0 Å². The van der Waals surface area contributed by atoms with Gasteiger partial charge in [0.15, 0.2) is 0 Å². The molecule has 2 aliphatic carbocycles. The van der Waals surface area contributed by atoms with Crippen LogP contribution in [0.4, 0.5) is 0 Å². The number of allylic oxidation sites excluding steroid dienone is 2. The van der Waals surface area contributed by atoms with Crippen molar-refractivity contribution in [1.29, 1.82) is 0 Å². The smallest absolute Gasteiger partial charge is 0.00745 e. The van der Waals surface area contributed by atoms with Crippen molar-refractivity contribution in [2.24, 2.45) is 29.4 Å². The second kappa shape index (κ2) is 16.3. The molecular weight excluding hydrogens is 362 g/mol. The summed E-state index contributed by atoms with van der Waals surface area (Å²) in [6.45, 7) is 5.69. The highest BCUT2D eigenvalue weighted by molar-refractivity contribution is 5.04. The van der Waals surface area contributed by atoms with Crippen molar-refractivity contribution in [3.05, 3.63) is 11.6 Å². The van der Waals surface area contributed by atoms with E-state index >= 15 is 0 Å². The van der Waals surface area contributed by atoms with Crippen LogP contribution < -0.4 is 5.73 Å². The normalized spacial score (nSPS) is 21.2. The zero-order valence-electron chi connectivity index (χ0n) is 20.8. The molecule has 0 heterocycles. The zero-order valence-corrected chi connectivity index (χ0v) is 20.8. The molecule has 0 spiro atoms. The van der Waals surface area contributed by atoms with Gasteiger partial charge in [0.2, 0.25) is 0 Å². The van der Waals surface area contributed by atoms with Crippen LogP contribution in [-0.4, -0.2) is 6.54 Å². The Bertz CT molecular complexity index is 428. The maximum absolute atomic E-state index is 5.88. The molecule has 0 radical (unpaired) electrons. The third-order valence-electron chi connectivity index (χ3n) is 8.49. The maximum atomic E-state index is 5.88. The summed E-state index contributed by atoms with van der Waals surface area (Å²) in [7, 11) is 0. The first-order valence-electron chi connectivity index (χ1n) is 14.1. The predicted octanol–water partition coefficient (Wildman–Crippen LogP) is 9.21. The molecule has 0 aliphatic heterocycles. The number of unbranched alkanes of at least 4 members (excludes halogenated alkanes) is 1. The first-order valence-corrected chi connectivity index (χ1v) is 14.1. The van der Waals surface area contributed by atoms with E-state index in [1.54, 1.807) is 5.57 Å². The molecule has 0 amide bonds. The maximum Gasteiger partial charge on any atom is -0.00745 e. The van der Waals surface area contributed by atoms with Gasteiger partial charge in [0.25, 0.3) is 0 Å². The third kappa shape index (κ3) is 10.8. The first-order chi connectivity index (χ1) is 14.7. The fourth-order valence-electron chi connectivity index (χ4n) is 6.33. The van der Waals surface area contributed by atoms with Gasteiger partial charge in [-0.05, 0) is 75.2 Å². The monoisotopic (exact) mass is 417 g/mol. The zero-order chi connectivity index (χ0) is 21.4. The summed E-state index contributed by atoms with van der Waals surface area (Å²) in [5.41, 5.74) is 7.67. The van der Waals surface area contributed by atoms with Crippen molar-refractivity contribution >= 4 is 0 Å². The van der Waals surface area contributed by atoms with Gasteiger partial charge in [-0.1, -0.05) is 109 Å². The largest absolute Gasteiger partial charge is 0.330 e. The Morgan fingerprint density at radius 1 is 0.900 bits per heavy atom. The van der Waals surface area contributed by atoms with Crippen LogP contribution in [0.15, 0.2) is 11.6 Å². The van der Waals surface area contributed by atoms with E-state index in [4.69, 9.17) is 5.73 Å². The van der Waals surface area contributed by atoms with Gasteiger partial charge in [-0.2, -0.15) is 0 Å². The van der Waals surface area contributed by atoms with Gasteiger partial charge in [0.05, 0.1) is 0 Å². The van der Waals surface area contributed by atoms with Crippen LogP contribution in [0.5, 0.6) is 0 Å². The van der Waals surface area contributed by atoms with Crippen LogP contribution >= 0.6 is 0 Å². The molecule has 2 N–H and O–H groups in total. The van der Waals surface area contributed by atoms with Crippen molar-refractivity contribution in [3.8, 4) is 0 Å². The van der Waals surface area contributed by atoms with E-state index in [1.165, 1.54) is 128 Å². The number of hydrogen-bond donors (Lipinski definition) is 1. The number of rotatable bonds is 16. The minimum atomic E-state index is 0.861. The van der Waals surface area contributed by atoms with Crippen molar-refractivity contribution in [3.63, 3.8) is 0 Å². The lowest BCUT2D eigenvalue weighted by atomic mass is 9.80. The Balaban J connectivity index is 1.72. The van der Waals surface area contributed by atoms with Crippen molar-refractivity contribution in [2.75, 3.05) is 6.54 Å². The minimum Gasteiger partial charge on any atom is -0.330 e. The fraction of sp³-hybridized carbons (Fsp3) is 0.931. The lowest BCUT2D eigenvalue weighted by Crippen LogP contribution is -2.16. The van der Waals surface area contributed by atoms with Crippen LogP contribution in [0.3, 0.4) is 0 Å². The molecule has 0 bridgehead atoms. The molecule has 0 aromatic rings. The predicted molar refractivity (Wildman–Crippen MR) is 135 cm³/mol. The summed E-state index contributed by atoms with van der Waals surface area (Å²) >= 11 is 0. The molecule has 1 unspecified atom stereocenters. The summed E-state index contributed by atoms with van der Waals surface area (Å²) in [5.74, 6) is 3.77. The van der Waals surface area contributed by atoms with Crippen LogP contribution in [0.2, 0.25) is 0 Å². The summed E-state index contributed by atoms with van der Waals surface area (Å²) in [5, 5.41) is 0. The molecule has 2 aliphatic rings. The lowest BCUT2D eigenvalue weighted by Gasteiger charge is -2.26. The van der Waals surface area contributed by atoms with Gasteiger partial charge < -0.3 is 5.73 Å². The van der Waals surface area contributed by atoms with Gasteiger partial charge in [0.1, 0.15) is 0 Å². The van der Waals surface area contributed by atoms with E-state index in [-0.39, 0.29) is 0 Å². The molecule has 3 atom stereocenters. The summed E-state index contributed by atoms with van der Waals surface area (Å²) in [6.07, 6.45) is 31.4. The van der Waals surface area contributed by atoms with E-state index in [2.05, 4.69) is 19.9 Å². The van der Waals surface area contributed by atoms with Crippen LogP contribution in [0.1, 0.15) is 142 Å². The Morgan fingerprint density at radius 2 is 1.70 bits per heavy atom. The molecule has 176 valence electrons.